The summed E-state index contributed by atoms with van der Waals surface area (Å²) in [6.45, 7) is 1.12. The van der Waals surface area contributed by atoms with E-state index in [1.165, 1.54) is 16.4 Å². The Morgan fingerprint density at radius 3 is 2.65 bits per heavy atom. The van der Waals surface area contributed by atoms with E-state index in [9.17, 15) is 12.8 Å². The quantitative estimate of drug-likeness (QED) is 0.814. The summed E-state index contributed by atoms with van der Waals surface area (Å²) in [5.41, 5.74) is 5.61. The lowest BCUT2D eigenvalue weighted by Gasteiger charge is -2.17. The summed E-state index contributed by atoms with van der Waals surface area (Å²) in [6, 6.07) is 4.10. The van der Waals surface area contributed by atoms with Crippen LogP contribution in [0.4, 0.5) is 10.1 Å². The summed E-state index contributed by atoms with van der Waals surface area (Å²) in [5, 5.41) is 0. The Hall–Kier alpha value is -1.62. The second kappa shape index (κ2) is 6.22. The minimum Gasteiger partial charge on any atom is -0.320 e. The molecule has 1 fully saturated rings. The second-order valence-electron chi connectivity index (χ2n) is 4.41. The van der Waals surface area contributed by atoms with Gasteiger partial charge in [0.2, 0.25) is 0 Å². The molecule has 0 aliphatic carbocycles. The number of hydrogen-bond donors (Lipinski definition) is 2. The highest BCUT2D eigenvalue weighted by atomic mass is 32.2. The number of nitrogens with zero attached hydrogens (tertiary/aromatic N) is 1. The molecular weight excluding hydrogens is 281 g/mol. The predicted octanol–water partition coefficient (Wildman–Crippen LogP) is 0.888. The second-order valence-corrected chi connectivity index (χ2v) is 6.08. The average molecular weight is 297 g/mol. The highest BCUT2D eigenvalue weighted by Gasteiger charge is 2.25. The summed E-state index contributed by atoms with van der Waals surface area (Å²) >= 11 is 0. The van der Waals surface area contributed by atoms with Gasteiger partial charge < -0.3 is 5.73 Å². The minimum atomic E-state index is -3.68. The first-order valence-electron chi connectivity index (χ1n) is 6.29. The molecule has 5 nitrogen and oxygen atoms in total. The average Bonchev–Trinajstić information content (AvgIpc) is 2.94. The van der Waals surface area contributed by atoms with Crippen LogP contribution in [0.15, 0.2) is 18.2 Å². The lowest BCUT2D eigenvalue weighted by atomic mass is 10.2. The Bertz CT molecular complexity index is 643. The van der Waals surface area contributed by atoms with E-state index in [0.717, 1.165) is 12.8 Å². The van der Waals surface area contributed by atoms with Crippen molar-refractivity contribution in [3.05, 3.63) is 29.6 Å². The van der Waals surface area contributed by atoms with E-state index < -0.39 is 16.0 Å². The fourth-order valence-electron chi connectivity index (χ4n) is 1.96. The maximum Gasteiger partial charge on any atom is 0.301 e. The fourth-order valence-corrected chi connectivity index (χ4v) is 3.27. The van der Waals surface area contributed by atoms with Crippen LogP contribution < -0.4 is 10.5 Å². The summed E-state index contributed by atoms with van der Waals surface area (Å²) in [7, 11) is -3.68. The Morgan fingerprint density at radius 1 is 1.35 bits per heavy atom. The molecule has 108 valence electrons. The minimum absolute atomic E-state index is 0.0739. The van der Waals surface area contributed by atoms with Crippen molar-refractivity contribution in [3.63, 3.8) is 0 Å². The zero-order chi connectivity index (χ0) is 14.6. The Morgan fingerprint density at radius 2 is 2.05 bits per heavy atom. The first kappa shape index (κ1) is 14.8. The highest BCUT2D eigenvalue weighted by Crippen LogP contribution is 2.20. The number of rotatable bonds is 3. The molecule has 0 radical (unpaired) electrons. The van der Waals surface area contributed by atoms with Gasteiger partial charge in [0.1, 0.15) is 5.82 Å². The van der Waals surface area contributed by atoms with E-state index in [2.05, 4.69) is 16.6 Å². The third-order valence-electron chi connectivity index (χ3n) is 2.95. The summed E-state index contributed by atoms with van der Waals surface area (Å²) in [4.78, 5) is 0. The summed E-state index contributed by atoms with van der Waals surface area (Å²) in [5.74, 6) is 4.64. The van der Waals surface area contributed by atoms with Crippen LogP contribution in [0.3, 0.4) is 0 Å². The Labute approximate surface area is 118 Å². The van der Waals surface area contributed by atoms with Gasteiger partial charge in [0.05, 0.1) is 12.2 Å². The van der Waals surface area contributed by atoms with Crippen molar-refractivity contribution < 1.29 is 12.8 Å². The topological polar surface area (TPSA) is 75.4 Å². The van der Waals surface area contributed by atoms with Gasteiger partial charge in [-0.15, -0.1) is 0 Å². The number of benzene rings is 1. The molecule has 1 aromatic rings. The predicted molar refractivity (Wildman–Crippen MR) is 75.7 cm³/mol. The molecule has 0 spiro atoms. The summed E-state index contributed by atoms with van der Waals surface area (Å²) in [6.07, 6.45) is 1.66. The van der Waals surface area contributed by atoms with Gasteiger partial charge >= 0.3 is 10.2 Å². The highest BCUT2D eigenvalue weighted by molar-refractivity contribution is 7.90. The van der Waals surface area contributed by atoms with Crippen molar-refractivity contribution >= 4 is 15.9 Å². The van der Waals surface area contributed by atoms with Crippen LogP contribution in [0.5, 0.6) is 0 Å². The van der Waals surface area contributed by atoms with Crippen LogP contribution in [0.1, 0.15) is 18.4 Å². The standard InChI is InChI=1S/C13H16FN3O2S/c14-12-10-11(4-3-7-15)5-6-13(12)16-20(18,19)17-8-1-2-9-17/h5-6,10,16H,1-2,7-9,15H2. The van der Waals surface area contributed by atoms with E-state index >= 15 is 0 Å². The molecule has 1 aliphatic rings. The first-order chi connectivity index (χ1) is 9.53. The normalized spacial score (nSPS) is 15.7. The third kappa shape index (κ3) is 3.48. The van der Waals surface area contributed by atoms with E-state index in [1.54, 1.807) is 6.07 Å². The van der Waals surface area contributed by atoms with Crippen LogP contribution >= 0.6 is 0 Å². The Balaban J connectivity index is 2.17. The van der Waals surface area contributed by atoms with Crippen LogP contribution in [-0.2, 0) is 10.2 Å². The van der Waals surface area contributed by atoms with Crippen LogP contribution in [0.2, 0.25) is 0 Å². The number of halogens is 1. The van der Waals surface area contributed by atoms with Gasteiger partial charge in [0, 0.05) is 18.7 Å². The van der Waals surface area contributed by atoms with Crippen molar-refractivity contribution in [2.75, 3.05) is 24.4 Å². The van der Waals surface area contributed by atoms with Gasteiger partial charge in [0.15, 0.2) is 0 Å². The molecular formula is C13H16FN3O2S. The molecule has 3 N–H and O–H groups in total. The van der Waals surface area contributed by atoms with Gasteiger partial charge in [-0.1, -0.05) is 11.8 Å². The maximum atomic E-state index is 13.9. The molecule has 0 amide bonds. The molecule has 0 aromatic heterocycles. The van der Waals surface area contributed by atoms with Crippen molar-refractivity contribution in [2.24, 2.45) is 5.73 Å². The van der Waals surface area contributed by atoms with Gasteiger partial charge in [-0.2, -0.15) is 12.7 Å². The maximum absolute atomic E-state index is 13.9. The summed E-state index contributed by atoms with van der Waals surface area (Å²) < 4.78 is 41.5. The van der Waals surface area contributed by atoms with Gasteiger partial charge in [0.25, 0.3) is 0 Å². The molecule has 1 aromatic carbocycles. The number of nitrogens with one attached hydrogen (secondary N) is 1. The lowest BCUT2D eigenvalue weighted by Crippen LogP contribution is -2.33. The number of anilines is 1. The van der Waals surface area contributed by atoms with Crippen molar-refractivity contribution in [1.82, 2.24) is 4.31 Å². The monoisotopic (exact) mass is 297 g/mol. The van der Waals surface area contributed by atoms with Crippen LogP contribution in [0.25, 0.3) is 0 Å². The largest absolute Gasteiger partial charge is 0.320 e. The zero-order valence-electron chi connectivity index (χ0n) is 10.9. The smallest absolute Gasteiger partial charge is 0.301 e. The van der Waals surface area contributed by atoms with E-state index in [-0.39, 0.29) is 12.2 Å². The molecule has 0 atom stereocenters. The molecule has 0 saturated carbocycles. The zero-order valence-corrected chi connectivity index (χ0v) is 11.7. The SMILES string of the molecule is NCC#Cc1ccc(NS(=O)(=O)N2CCCC2)c(F)c1. The van der Waals surface area contributed by atoms with Crippen LogP contribution in [-0.4, -0.2) is 32.4 Å². The third-order valence-corrected chi connectivity index (χ3v) is 4.47. The lowest BCUT2D eigenvalue weighted by molar-refractivity contribution is 0.482. The van der Waals surface area contributed by atoms with E-state index in [4.69, 9.17) is 5.73 Å². The molecule has 2 rings (SSSR count). The first-order valence-corrected chi connectivity index (χ1v) is 7.73. The van der Waals surface area contributed by atoms with Crippen molar-refractivity contribution in [1.29, 1.82) is 0 Å². The molecule has 0 unspecified atom stereocenters. The number of hydrogen-bond acceptors (Lipinski definition) is 3. The van der Waals surface area contributed by atoms with Gasteiger partial charge in [-0.3, -0.25) is 4.72 Å². The van der Waals surface area contributed by atoms with E-state index in [0.29, 0.717) is 18.7 Å². The molecule has 1 saturated heterocycles. The molecule has 1 heterocycles. The van der Waals surface area contributed by atoms with E-state index in [1.807, 2.05) is 0 Å². The fraction of sp³-hybridized carbons (Fsp3) is 0.385. The molecule has 1 aliphatic heterocycles. The molecule has 0 bridgehead atoms. The Kier molecular flexibility index (Phi) is 4.60. The van der Waals surface area contributed by atoms with Crippen LogP contribution in [0, 0.1) is 17.7 Å². The molecule has 20 heavy (non-hydrogen) atoms. The molecule has 7 heteroatoms. The van der Waals surface area contributed by atoms with Crippen molar-refractivity contribution in [3.8, 4) is 11.8 Å². The van der Waals surface area contributed by atoms with Crippen molar-refractivity contribution in [2.45, 2.75) is 12.8 Å². The number of nitrogens with two attached hydrogens (primary N) is 1. The van der Waals surface area contributed by atoms with Gasteiger partial charge in [-0.25, -0.2) is 4.39 Å². The van der Waals surface area contributed by atoms with Gasteiger partial charge in [-0.05, 0) is 31.0 Å².